The molecule has 3 aliphatic rings. The number of carbonyl (C=O) groups is 1. The highest BCUT2D eigenvalue weighted by atomic mass is 32.2. The molecule has 0 spiro atoms. The third-order valence-electron chi connectivity index (χ3n) is 4.49. The van der Waals surface area contributed by atoms with Gasteiger partial charge in [-0.15, -0.1) is 0 Å². The van der Waals surface area contributed by atoms with Crippen molar-refractivity contribution in [1.29, 1.82) is 0 Å². The van der Waals surface area contributed by atoms with E-state index in [0.29, 0.717) is 29.6 Å². The van der Waals surface area contributed by atoms with E-state index in [0.717, 1.165) is 5.56 Å². The molecule has 3 heterocycles. The average molecular weight is 382 g/mol. The number of amides is 1. The minimum absolute atomic E-state index is 0.0672. The number of nitrogens with zero attached hydrogens (tertiary/aromatic N) is 2. The fourth-order valence-corrected chi connectivity index (χ4v) is 7.21. The van der Waals surface area contributed by atoms with Crippen LogP contribution in [-0.2, 0) is 21.2 Å². The van der Waals surface area contributed by atoms with E-state index in [1.165, 1.54) is 11.8 Å². The number of hydrogen-bond donors (Lipinski definition) is 0. The summed E-state index contributed by atoms with van der Waals surface area (Å²) < 4.78 is 34.7. The van der Waals surface area contributed by atoms with Crippen LogP contribution in [-0.4, -0.2) is 54.0 Å². The summed E-state index contributed by atoms with van der Waals surface area (Å²) in [4.78, 5) is 17.9. The van der Waals surface area contributed by atoms with Crippen LogP contribution in [0.15, 0.2) is 23.2 Å². The molecule has 3 aliphatic heterocycles. The van der Waals surface area contributed by atoms with Gasteiger partial charge in [0.1, 0.15) is 0 Å². The van der Waals surface area contributed by atoms with E-state index in [4.69, 9.17) is 9.47 Å². The van der Waals surface area contributed by atoms with Crippen LogP contribution in [0.2, 0.25) is 0 Å². The summed E-state index contributed by atoms with van der Waals surface area (Å²) >= 11 is 1.40. The molecule has 2 fully saturated rings. The number of amidine groups is 1. The van der Waals surface area contributed by atoms with Crippen LogP contribution in [0.3, 0.4) is 0 Å². The highest BCUT2D eigenvalue weighted by Crippen LogP contribution is 2.40. The van der Waals surface area contributed by atoms with Gasteiger partial charge in [-0.25, -0.2) is 8.42 Å². The molecule has 0 aromatic heterocycles. The molecule has 1 aromatic carbocycles. The Hall–Kier alpha value is -1.74. The van der Waals surface area contributed by atoms with E-state index in [-0.39, 0.29) is 35.5 Å². The minimum atomic E-state index is -3.04. The van der Waals surface area contributed by atoms with Crippen molar-refractivity contribution >= 4 is 32.7 Å². The van der Waals surface area contributed by atoms with Gasteiger partial charge in [0.25, 0.3) is 0 Å². The SMILES string of the molecule is CCC(=O)N=C1S[C@@H]2CS(=O)(=O)C[C@@H]2N1Cc1ccc2c(c1)OCO2. The van der Waals surface area contributed by atoms with Gasteiger partial charge < -0.3 is 14.4 Å². The molecule has 0 unspecified atom stereocenters. The summed E-state index contributed by atoms with van der Waals surface area (Å²) in [5.74, 6) is 1.44. The maximum Gasteiger partial charge on any atom is 0.247 e. The first-order valence-corrected chi connectivity index (χ1v) is 10.8. The number of fused-ring (bicyclic) bond motifs is 2. The molecular weight excluding hydrogens is 364 g/mol. The summed E-state index contributed by atoms with van der Waals surface area (Å²) in [6.45, 7) is 2.45. The first-order valence-electron chi connectivity index (χ1n) is 8.09. The van der Waals surface area contributed by atoms with Crippen molar-refractivity contribution in [2.24, 2.45) is 4.99 Å². The number of hydrogen-bond acceptors (Lipinski definition) is 6. The molecule has 134 valence electrons. The van der Waals surface area contributed by atoms with Gasteiger partial charge in [0.15, 0.2) is 26.5 Å². The highest BCUT2D eigenvalue weighted by Gasteiger charge is 2.48. The van der Waals surface area contributed by atoms with Crippen LogP contribution >= 0.6 is 11.8 Å². The van der Waals surface area contributed by atoms with Crippen LogP contribution in [0.5, 0.6) is 11.5 Å². The largest absolute Gasteiger partial charge is 0.454 e. The van der Waals surface area contributed by atoms with Gasteiger partial charge in [0, 0.05) is 18.2 Å². The zero-order valence-electron chi connectivity index (χ0n) is 13.7. The first kappa shape index (κ1) is 16.7. The fourth-order valence-electron chi connectivity index (χ4n) is 3.24. The molecule has 4 rings (SSSR count). The van der Waals surface area contributed by atoms with Gasteiger partial charge >= 0.3 is 0 Å². The minimum Gasteiger partial charge on any atom is -0.454 e. The summed E-state index contributed by atoms with van der Waals surface area (Å²) in [7, 11) is -3.04. The van der Waals surface area contributed by atoms with Crippen LogP contribution in [0.1, 0.15) is 18.9 Å². The lowest BCUT2D eigenvalue weighted by Gasteiger charge is -2.24. The molecule has 9 heteroatoms. The molecule has 0 N–H and O–H groups in total. The Balaban J connectivity index is 1.63. The number of ether oxygens (including phenoxy) is 2. The normalized spacial score (nSPS) is 27.7. The van der Waals surface area contributed by atoms with Crippen molar-refractivity contribution in [2.75, 3.05) is 18.3 Å². The Morgan fingerprint density at radius 2 is 2.12 bits per heavy atom. The van der Waals surface area contributed by atoms with Crippen molar-refractivity contribution in [3.05, 3.63) is 23.8 Å². The number of thioether (sulfide) groups is 1. The molecule has 1 aromatic rings. The van der Waals surface area contributed by atoms with E-state index >= 15 is 0 Å². The predicted octanol–water partition coefficient (Wildman–Crippen LogP) is 1.42. The van der Waals surface area contributed by atoms with Crippen molar-refractivity contribution in [2.45, 2.75) is 31.2 Å². The Labute approximate surface area is 150 Å². The molecule has 2 atom stereocenters. The monoisotopic (exact) mass is 382 g/mol. The number of aliphatic imine (C=N–C) groups is 1. The van der Waals surface area contributed by atoms with E-state index in [9.17, 15) is 13.2 Å². The van der Waals surface area contributed by atoms with Gasteiger partial charge in [0.05, 0.1) is 17.5 Å². The van der Waals surface area contributed by atoms with Crippen LogP contribution in [0.25, 0.3) is 0 Å². The summed E-state index contributed by atoms with van der Waals surface area (Å²) in [6.07, 6.45) is 0.329. The van der Waals surface area contributed by atoms with Crippen LogP contribution in [0, 0.1) is 0 Å². The van der Waals surface area contributed by atoms with E-state index < -0.39 is 9.84 Å². The molecule has 25 heavy (non-hydrogen) atoms. The zero-order valence-corrected chi connectivity index (χ0v) is 15.3. The van der Waals surface area contributed by atoms with Crippen LogP contribution < -0.4 is 9.47 Å². The van der Waals surface area contributed by atoms with Crippen LogP contribution in [0.4, 0.5) is 0 Å². The molecule has 0 radical (unpaired) electrons. The maximum atomic E-state index is 12.0. The van der Waals surface area contributed by atoms with Crippen molar-refractivity contribution in [1.82, 2.24) is 4.90 Å². The summed E-state index contributed by atoms with van der Waals surface area (Å²) in [5, 5.41) is 0.553. The van der Waals surface area contributed by atoms with Gasteiger partial charge in [-0.1, -0.05) is 24.8 Å². The quantitative estimate of drug-likeness (QED) is 0.781. The second kappa shape index (κ2) is 6.21. The smallest absolute Gasteiger partial charge is 0.247 e. The summed E-state index contributed by atoms with van der Waals surface area (Å²) in [5.41, 5.74) is 0.964. The third kappa shape index (κ3) is 3.22. The Kier molecular flexibility index (Phi) is 4.15. The molecular formula is C16H18N2O5S2. The van der Waals surface area contributed by atoms with Gasteiger partial charge in [-0.2, -0.15) is 4.99 Å². The highest BCUT2D eigenvalue weighted by molar-refractivity contribution is 8.15. The molecule has 1 amide bonds. The molecule has 7 nitrogen and oxygen atoms in total. The average Bonchev–Trinajstić information content (AvgIpc) is 3.21. The van der Waals surface area contributed by atoms with Crippen molar-refractivity contribution in [3.63, 3.8) is 0 Å². The summed E-state index contributed by atoms with van der Waals surface area (Å²) in [6, 6.07) is 5.51. The lowest BCUT2D eigenvalue weighted by Crippen LogP contribution is -2.37. The van der Waals surface area contributed by atoms with E-state index in [1.54, 1.807) is 6.92 Å². The molecule has 0 aliphatic carbocycles. The number of carbonyl (C=O) groups excluding carboxylic acids is 1. The second-order valence-electron chi connectivity index (χ2n) is 6.26. The third-order valence-corrected chi connectivity index (χ3v) is 7.74. The van der Waals surface area contributed by atoms with Gasteiger partial charge in [-0.3, -0.25) is 4.79 Å². The molecule has 2 saturated heterocycles. The van der Waals surface area contributed by atoms with Gasteiger partial charge in [-0.05, 0) is 17.7 Å². The molecule has 0 bridgehead atoms. The number of rotatable bonds is 3. The Bertz CT molecular complexity index is 852. The number of sulfone groups is 1. The first-order chi connectivity index (χ1) is 11.9. The van der Waals surface area contributed by atoms with E-state index in [2.05, 4.69) is 4.99 Å². The standard InChI is InChI=1S/C16H18N2O5S2/c1-2-15(19)17-16-18(11-7-25(20,21)8-14(11)24-16)6-10-3-4-12-13(5-10)23-9-22-12/h3-5,11,14H,2,6-9H2,1H3/t11-,14+/m0/s1. The lowest BCUT2D eigenvalue weighted by atomic mass is 10.1. The predicted molar refractivity (Wildman–Crippen MR) is 94.7 cm³/mol. The van der Waals surface area contributed by atoms with Crippen molar-refractivity contribution < 1.29 is 22.7 Å². The van der Waals surface area contributed by atoms with Crippen molar-refractivity contribution in [3.8, 4) is 11.5 Å². The molecule has 0 saturated carbocycles. The van der Waals surface area contributed by atoms with E-state index in [1.807, 2.05) is 23.1 Å². The zero-order chi connectivity index (χ0) is 17.6. The number of benzene rings is 1. The maximum absolute atomic E-state index is 12.0. The Morgan fingerprint density at radius 3 is 2.92 bits per heavy atom. The van der Waals surface area contributed by atoms with Gasteiger partial charge in [0.2, 0.25) is 12.7 Å². The second-order valence-corrected chi connectivity index (χ2v) is 9.62. The fraction of sp³-hybridized carbons (Fsp3) is 0.500. The Morgan fingerprint density at radius 1 is 1.32 bits per heavy atom. The lowest BCUT2D eigenvalue weighted by molar-refractivity contribution is -0.117. The topological polar surface area (TPSA) is 85.3 Å².